The van der Waals surface area contributed by atoms with Crippen molar-refractivity contribution < 1.29 is 28.5 Å². The molecule has 3 amide bonds. The molecule has 5 fully saturated rings. The number of rotatable bonds is 26. The Morgan fingerprint density at radius 1 is 0.968 bits per heavy atom. The van der Waals surface area contributed by atoms with E-state index in [2.05, 4.69) is 73.9 Å². The van der Waals surface area contributed by atoms with Crippen LogP contribution in [0.1, 0.15) is 144 Å². The van der Waals surface area contributed by atoms with Crippen molar-refractivity contribution in [3.05, 3.63) is 23.5 Å². The summed E-state index contributed by atoms with van der Waals surface area (Å²) in [4.78, 5) is 23.7. The second-order valence-corrected chi connectivity index (χ2v) is 22.4. The molecule has 0 aromatic carbocycles. The van der Waals surface area contributed by atoms with Crippen molar-refractivity contribution in [2.45, 2.75) is 174 Å². The molecule has 3 N–H and O–H groups in total. The molecule has 63 heavy (non-hydrogen) atoms. The van der Waals surface area contributed by atoms with Crippen LogP contribution in [0, 0.1) is 52.3 Å². The van der Waals surface area contributed by atoms with Crippen molar-refractivity contribution >= 4 is 23.7 Å². The lowest BCUT2D eigenvalue weighted by molar-refractivity contribution is -0.121. The molecule has 12 nitrogen and oxygen atoms in total. The molecular weight excluding hydrogens is 813 g/mol. The molecule has 2 aliphatic heterocycles. The lowest BCUT2D eigenvalue weighted by Gasteiger charge is -2.58. The first-order chi connectivity index (χ1) is 30.5. The number of nitrogens with zero attached hydrogens (tertiary/aromatic N) is 3. The van der Waals surface area contributed by atoms with Crippen LogP contribution >= 0.6 is 11.8 Å². The molecule has 1 aromatic rings. The first-order valence-corrected chi connectivity index (χ1v) is 26.4. The van der Waals surface area contributed by atoms with E-state index < -0.39 is 0 Å². The maximum atomic E-state index is 12.2. The van der Waals surface area contributed by atoms with Gasteiger partial charge < -0.3 is 34.9 Å². The van der Waals surface area contributed by atoms with Crippen LogP contribution < -0.4 is 16.0 Å². The summed E-state index contributed by atoms with van der Waals surface area (Å²) in [6, 6.07) is 0.426. The smallest absolute Gasteiger partial charge is 0.315 e. The molecule has 3 heterocycles. The van der Waals surface area contributed by atoms with Gasteiger partial charge in [0.25, 0.3) is 0 Å². The number of hydrogen-bond acceptors (Lipinski definition) is 9. The second kappa shape index (κ2) is 23.0. The van der Waals surface area contributed by atoms with E-state index in [0.717, 1.165) is 85.0 Å². The van der Waals surface area contributed by atoms with Crippen LogP contribution in [0.5, 0.6) is 0 Å². The summed E-state index contributed by atoms with van der Waals surface area (Å²) in [6.07, 6.45) is 22.9. The number of allylic oxidation sites excluding steroid dienone is 1. The summed E-state index contributed by atoms with van der Waals surface area (Å²) in [5, 5.41) is 18.1. The first-order valence-electron chi connectivity index (χ1n) is 25.4. The minimum absolute atomic E-state index is 0.0516. The molecule has 4 aliphatic carbocycles. The topological polar surface area (TPSA) is 138 Å². The van der Waals surface area contributed by atoms with Gasteiger partial charge in [0.1, 0.15) is 5.69 Å². The summed E-state index contributed by atoms with van der Waals surface area (Å²) >= 11 is 1.91. The minimum atomic E-state index is -0.0516. The van der Waals surface area contributed by atoms with Crippen molar-refractivity contribution in [1.29, 1.82) is 0 Å². The van der Waals surface area contributed by atoms with Crippen LogP contribution in [0.4, 0.5) is 4.79 Å². The number of amides is 3. The number of thioether (sulfide) groups is 1. The van der Waals surface area contributed by atoms with E-state index in [1.807, 2.05) is 22.6 Å². The maximum absolute atomic E-state index is 12.2. The van der Waals surface area contributed by atoms with Gasteiger partial charge in [-0.15, -0.1) is 5.10 Å². The summed E-state index contributed by atoms with van der Waals surface area (Å²) in [5.41, 5.74) is 3.42. The zero-order valence-electron chi connectivity index (χ0n) is 39.9. The van der Waals surface area contributed by atoms with Gasteiger partial charge in [-0.2, -0.15) is 11.8 Å². The Bertz CT molecular complexity index is 1640. The third-order valence-electron chi connectivity index (χ3n) is 17.2. The van der Waals surface area contributed by atoms with Gasteiger partial charge in [0, 0.05) is 24.0 Å². The third-order valence-corrected chi connectivity index (χ3v) is 18.7. The number of urea groups is 1. The molecule has 7 rings (SSSR count). The number of hydrogen-bond donors (Lipinski definition) is 3. The predicted molar refractivity (Wildman–Crippen MR) is 250 cm³/mol. The van der Waals surface area contributed by atoms with Crippen LogP contribution in [0.25, 0.3) is 0 Å². The molecule has 2 saturated heterocycles. The molecular formula is C50H84N6O6S. The molecule has 356 valence electrons. The highest BCUT2D eigenvalue weighted by molar-refractivity contribution is 8.00. The number of unbranched alkanes of at least 4 members (excludes halogenated alkanes) is 1. The third kappa shape index (κ3) is 12.2. The quantitative estimate of drug-likeness (QED) is 0.0474. The van der Waals surface area contributed by atoms with Gasteiger partial charge in [0.15, 0.2) is 0 Å². The van der Waals surface area contributed by atoms with Gasteiger partial charge in [0.2, 0.25) is 5.91 Å². The lowest BCUT2D eigenvalue weighted by Crippen LogP contribution is -2.51. The number of aromatic nitrogens is 3. The van der Waals surface area contributed by atoms with E-state index in [9.17, 15) is 9.59 Å². The summed E-state index contributed by atoms with van der Waals surface area (Å²) < 4.78 is 25.4. The van der Waals surface area contributed by atoms with Crippen LogP contribution in [0.3, 0.4) is 0 Å². The molecule has 6 aliphatic rings. The minimum Gasteiger partial charge on any atom is -0.377 e. The molecule has 0 unspecified atom stereocenters. The van der Waals surface area contributed by atoms with Crippen LogP contribution in [0.15, 0.2) is 17.8 Å². The van der Waals surface area contributed by atoms with E-state index in [1.165, 1.54) is 57.8 Å². The molecule has 13 heteroatoms. The zero-order chi connectivity index (χ0) is 44.4. The van der Waals surface area contributed by atoms with E-state index in [1.54, 1.807) is 5.57 Å². The van der Waals surface area contributed by atoms with Crippen molar-refractivity contribution in [1.82, 2.24) is 30.9 Å². The van der Waals surface area contributed by atoms with E-state index in [-0.39, 0.29) is 30.1 Å². The summed E-state index contributed by atoms with van der Waals surface area (Å²) in [7, 11) is 0. The fraction of sp³-hybridized carbons (Fsp3) is 0.880. The van der Waals surface area contributed by atoms with Gasteiger partial charge in [-0.3, -0.25) is 4.79 Å². The monoisotopic (exact) mass is 897 g/mol. The zero-order valence-corrected chi connectivity index (χ0v) is 40.7. The second-order valence-electron chi connectivity index (χ2n) is 21.2. The average molecular weight is 897 g/mol. The Morgan fingerprint density at radius 3 is 2.56 bits per heavy atom. The maximum Gasteiger partial charge on any atom is 0.315 e. The van der Waals surface area contributed by atoms with Crippen LogP contribution in [0.2, 0.25) is 0 Å². The molecule has 0 bridgehead atoms. The largest absolute Gasteiger partial charge is 0.377 e. The van der Waals surface area contributed by atoms with Crippen molar-refractivity contribution in [2.24, 2.45) is 52.3 Å². The van der Waals surface area contributed by atoms with Crippen LogP contribution in [-0.4, -0.2) is 102 Å². The fourth-order valence-corrected chi connectivity index (χ4v) is 15.0. The number of fused-ring (bicyclic) bond motifs is 6. The standard InChI is InChI=1S/C50H84N6O6S/c1-7-36(34(2)3)13-12-35(4)41-16-17-42-40-15-14-37-30-39(18-20-49(37,5)43(40)19-21-50(41,42)6)62-32-38-31-56(55-54-38)23-25-60-27-29-61-28-26-59-24-22-51-46(57)11-9-8-10-45-47-44(33-63-45)52-48(58)53-47/h14,31,34-36,39-45,47H,7-13,15-30,32-33H2,1-6H3,(H,51,57)(H2,52,53,58)/t35-,36-,39+,40+,41-,42+,43+,44+,45+,47+,49+,50-/m1/s1. The highest BCUT2D eigenvalue weighted by atomic mass is 32.2. The number of nitrogens with one attached hydrogen (secondary N) is 3. The average Bonchev–Trinajstić information content (AvgIpc) is 4.05. The molecule has 12 atom stereocenters. The Labute approximate surface area is 384 Å². The Morgan fingerprint density at radius 2 is 1.76 bits per heavy atom. The van der Waals surface area contributed by atoms with Crippen LogP contribution in [-0.2, 0) is 36.9 Å². The van der Waals surface area contributed by atoms with E-state index >= 15 is 0 Å². The Balaban J connectivity index is 0.701. The van der Waals surface area contributed by atoms with Gasteiger partial charge in [0.05, 0.1) is 77.2 Å². The van der Waals surface area contributed by atoms with Crippen molar-refractivity contribution in [2.75, 3.05) is 51.9 Å². The predicted octanol–water partition coefficient (Wildman–Crippen LogP) is 8.73. The van der Waals surface area contributed by atoms with E-state index in [0.29, 0.717) is 81.8 Å². The normalized spacial score (nSPS) is 33.2. The van der Waals surface area contributed by atoms with Gasteiger partial charge in [-0.05, 0) is 123 Å². The van der Waals surface area contributed by atoms with E-state index in [4.69, 9.17) is 18.9 Å². The molecule has 0 radical (unpaired) electrons. The number of carbonyl (C=O) groups is 2. The molecule has 3 saturated carbocycles. The molecule has 1 aromatic heterocycles. The Kier molecular flexibility index (Phi) is 17.8. The van der Waals surface area contributed by atoms with Crippen molar-refractivity contribution in [3.8, 4) is 0 Å². The number of ether oxygens (including phenoxy) is 4. The summed E-state index contributed by atoms with van der Waals surface area (Å²) in [6.45, 7) is 19.8. The highest BCUT2D eigenvalue weighted by Crippen LogP contribution is 2.67. The SMILES string of the molecule is CC[C@H](CC[C@@H](C)[C@H]1CC[C@H]2[C@@H]3CC=C4C[C@@H](OCc5cn(CCOCCOCCOCCNC(=O)CCCC[C@@H]6SC[C@@H]7NC(=O)N[C@@H]76)nn5)CC[C@]4(C)[C@H]3CC[C@]12C)C(C)C. The van der Waals surface area contributed by atoms with Gasteiger partial charge in [-0.25, -0.2) is 9.48 Å². The van der Waals surface area contributed by atoms with Gasteiger partial charge >= 0.3 is 6.03 Å². The molecule has 0 spiro atoms. The first kappa shape index (κ1) is 48.7. The fourth-order valence-electron chi connectivity index (χ4n) is 13.5. The van der Waals surface area contributed by atoms with Crippen molar-refractivity contribution in [3.63, 3.8) is 0 Å². The summed E-state index contributed by atoms with van der Waals surface area (Å²) in [5.74, 6) is 7.04. The Hall–Kier alpha value is -2.19. The lowest BCUT2D eigenvalue weighted by atomic mass is 9.47. The number of carbonyl (C=O) groups excluding carboxylic acids is 2. The highest BCUT2D eigenvalue weighted by Gasteiger charge is 2.59. The van der Waals surface area contributed by atoms with Gasteiger partial charge in [-0.1, -0.05) is 77.7 Å².